The predicted molar refractivity (Wildman–Crippen MR) is 64.7 cm³/mol. The number of ether oxygens (including phenoxy) is 1. The highest BCUT2D eigenvalue weighted by molar-refractivity contribution is 14.1. The number of halogens is 1. The quantitative estimate of drug-likeness (QED) is 0.671. The maximum absolute atomic E-state index is 5.06. The summed E-state index contributed by atoms with van der Waals surface area (Å²) in [6.07, 6.45) is 0. The second-order valence-corrected chi connectivity index (χ2v) is 4.11. The molecule has 0 spiro atoms. The van der Waals surface area contributed by atoms with E-state index in [0.29, 0.717) is 0 Å². The van der Waals surface area contributed by atoms with Gasteiger partial charge in [-0.1, -0.05) is 0 Å². The third kappa shape index (κ3) is 4.88. The van der Waals surface area contributed by atoms with Gasteiger partial charge in [-0.3, -0.25) is 9.80 Å². The molecule has 0 saturated carbocycles. The number of hydrogen-bond donors (Lipinski definition) is 0. The van der Waals surface area contributed by atoms with Gasteiger partial charge in [0.05, 0.1) is 13.2 Å². The first-order chi connectivity index (χ1) is 6.86. The van der Waals surface area contributed by atoms with Crippen LogP contribution in [0.3, 0.4) is 0 Å². The summed E-state index contributed by atoms with van der Waals surface area (Å²) in [5.74, 6) is 0. The molecule has 0 aromatic heterocycles. The van der Waals surface area contributed by atoms with Gasteiger partial charge in [0.25, 0.3) is 0 Å². The summed E-state index contributed by atoms with van der Waals surface area (Å²) in [5.41, 5.74) is 0. The lowest BCUT2D eigenvalue weighted by molar-refractivity contribution is 0.0926. The van der Waals surface area contributed by atoms with Crippen LogP contribution < -0.4 is 0 Å². The van der Waals surface area contributed by atoms with Crippen molar-refractivity contribution in [3.63, 3.8) is 0 Å². The lowest BCUT2D eigenvalue weighted by Gasteiger charge is -2.34. The Morgan fingerprint density at radius 2 is 1.50 bits per heavy atom. The van der Waals surface area contributed by atoms with E-state index in [1.165, 1.54) is 0 Å². The maximum Gasteiger partial charge on any atom is 0.109 e. The van der Waals surface area contributed by atoms with Crippen LogP contribution in [0, 0.1) is 0 Å². The van der Waals surface area contributed by atoms with Crippen molar-refractivity contribution in [2.75, 3.05) is 59.6 Å². The van der Waals surface area contributed by atoms with Crippen molar-refractivity contribution in [3.05, 3.63) is 0 Å². The van der Waals surface area contributed by atoms with E-state index < -0.39 is 0 Å². The zero-order valence-electron chi connectivity index (χ0n) is 8.75. The van der Waals surface area contributed by atoms with Crippen LogP contribution in [0.25, 0.3) is 0 Å². The Hall–Kier alpha value is 0.570. The largest absolute Gasteiger partial charge is 0.383 e. The fourth-order valence-corrected chi connectivity index (χ4v) is 1.82. The molecule has 1 saturated heterocycles. The maximum atomic E-state index is 5.06. The first-order valence-corrected chi connectivity index (χ1v) is 5.92. The minimum Gasteiger partial charge on any atom is -0.383 e. The minimum absolute atomic E-state index is 0.832. The molecular formula is C9H19IN2O2. The van der Waals surface area contributed by atoms with Crippen molar-refractivity contribution in [1.29, 1.82) is 0 Å². The fourth-order valence-electron chi connectivity index (χ4n) is 1.62. The van der Waals surface area contributed by atoms with Crippen molar-refractivity contribution in [1.82, 2.24) is 9.80 Å². The SMILES string of the molecule is COCCN1CCN(CCOI)CC1. The number of methoxy groups -OCH3 is 1. The molecule has 14 heavy (non-hydrogen) atoms. The van der Waals surface area contributed by atoms with Gasteiger partial charge >= 0.3 is 0 Å². The monoisotopic (exact) mass is 314 g/mol. The zero-order chi connectivity index (χ0) is 10.2. The van der Waals surface area contributed by atoms with E-state index in [4.69, 9.17) is 7.80 Å². The van der Waals surface area contributed by atoms with E-state index in [1.54, 1.807) is 7.11 Å². The second kappa shape index (κ2) is 7.81. The summed E-state index contributed by atoms with van der Waals surface area (Å²) >= 11 is 1.95. The zero-order valence-corrected chi connectivity index (χ0v) is 10.9. The highest BCUT2D eigenvalue weighted by Crippen LogP contribution is 2.01. The van der Waals surface area contributed by atoms with E-state index in [1.807, 2.05) is 23.0 Å². The Labute approximate surface area is 100 Å². The Balaban J connectivity index is 2.05. The summed E-state index contributed by atoms with van der Waals surface area (Å²) in [6.45, 7) is 8.42. The van der Waals surface area contributed by atoms with Gasteiger partial charge in [0.1, 0.15) is 23.0 Å². The van der Waals surface area contributed by atoms with Crippen molar-refractivity contribution in [3.8, 4) is 0 Å². The lowest BCUT2D eigenvalue weighted by atomic mass is 10.3. The van der Waals surface area contributed by atoms with E-state index in [-0.39, 0.29) is 0 Å². The van der Waals surface area contributed by atoms with Crippen molar-refractivity contribution < 1.29 is 7.80 Å². The Kier molecular flexibility index (Phi) is 7.05. The van der Waals surface area contributed by atoms with Crippen LogP contribution in [0.1, 0.15) is 0 Å². The molecule has 4 nitrogen and oxygen atoms in total. The smallest absolute Gasteiger partial charge is 0.109 e. The molecule has 0 amide bonds. The molecule has 1 fully saturated rings. The summed E-state index contributed by atoms with van der Waals surface area (Å²) < 4.78 is 10.1. The van der Waals surface area contributed by atoms with Gasteiger partial charge in [-0.2, -0.15) is 0 Å². The van der Waals surface area contributed by atoms with E-state index in [2.05, 4.69) is 9.80 Å². The van der Waals surface area contributed by atoms with Gasteiger partial charge in [0.2, 0.25) is 0 Å². The molecule has 0 atom stereocenters. The molecule has 1 aliphatic heterocycles. The summed E-state index contributed by atoms with van der Waals surface area (Å²) in [6, 6.07) is 0. The van der Waals surface area contributed by atoms with Crippen molar-refractivity contribution in [2.24, 2.45) is 0 Å². The van der Waals surface area contributed by atoms with E-state index in [0.717, 1.165) is 52.5 Å². The van der Waals surface area contributed by atoms with E-state index >= 15 is 0 Å². The van der Waals surface area contributed by atoms with Crippen LogP contribution in [0.2, 0.25) is 0 Å². The number of nitrogens with zero attached hydrogens (tertiary/aromatic N) is 2. The van der Waals surface area contributed by atoms with Gasteiger partial charge in [-0.25, -0.2) is 0 Å². The summed E-state index contributed by atoms with van der Waals surface area (Å²) in [5, 5.41) is 0. The van der Waals surface area contributed by atoms with Gasteiger partial charge in [-0.15, -0.1) is 0 Å². The molecule has 0 aliphatic carbocycles. The number of piperazine rings is 1. The molecule has 1 heterocycles. The molecule has 0 unspecified atom stereocenters. The molecule has 84 valence electrons. The van der Waals surface area contributed by atoms with Gasteiger partial charge in [0.15, 0.2) is 0 Å². The van der Waals surface area contributed by atoms with Crippen LogP contribution in [-0.4, -0.2) is 69.4 Å². The van der Waals surface area contributed by atoms with Crippen LogP contribution in [0.4, 0.5) is 0 Å². The molecule has 1 rings (SSSR count). The Bertz CT molecular complexity index is 125. The highest BCUT2D eigenvalue weighted by Gasteiger charge is 2.15. The first-order valence-electron chi connectivity index (χ1n) is 5.04. The third-order valence-electron chi connectivity index (χ3n) is 2.56. The van der Waals surface area contributed by atoms with Gasteiger partial charge in [-0.05, 0) is 0 Å². The normalized spacial score (nSPS) is 20.1. The molecule has 0 N–H and O–H groups in total. The van der Waals surface area contributed by atoms with Crippen LogP contribution in [0.5, 0.6) is 0 Å². The molecular weight excluding hydrogens is 295 g/mol. The van der Waals surface area contributed by atoms with Crippen LogP contribution >= 0.6 is 23.0 Å². The number of rotatable bonds is 6. The first kappa shape index (κ1) is 12.6. The number of hydrogen-bond acceptors (Lipinski definition) is 4. The fraction of sp³-hybridized carbons (Fsp3) is 1.00. The second-order valence-electron chi connectivity index (χ2n) is 3.49. The van der Waals surface area contributed by atoms with E-state index in [9.17, 15) is 0 Å². The Morgan fingerprint density at radius 3 is 1.93 bits per heavy atom. The highest BCUT2D eigenvalue weighted by atomic mass is 127. The molecule has 0 aromatic rings. The average molecular weight is 314 g/mol. The van der Waals surface area contributed by atoms with Crippen molar-refractivity contribution in [2.45, 2.75) is 0 Å². The van der Waals surface area contributed by atoms with Crippen molar-refractivity contribution >= 4 is 23.0 Å². The summed E-state index contributed by atoms with van der Waals surface area (Å²) in [4.78, 5) is 4.90. The van der Waals surface area contributed by atoms with Crippen LogP contribution in [-0.2, 0) is 7.80 Å². The Morgan fingerprint density at radius 1 is 1.00 bits per heavy atom. The van der Waals surface area contributed by atoms with Gasteiger partial charge in [0, 0.05) is 46.4 Å². The average Bonchev–Trinajstić information content (AvgIpc) is 2.25. The predicted octanol–water partition coefficient (Wildman–Crippen LogP) is 0.617. The lowest BCUT2D eigenvalue weighted by Crippen LogP contribution is -2.47. The molecule has 0 aromatic carbocycles. The summed E-state index contributed by atoms with van der Waals surface area (Å²) in [7, 11) is 1.76. The molecule has 5 heteroatoms. The standard InChI is InChI=1S/C9H19IN2O2/c1-13-8-6-11-2-4-12(5-3-11)7-9-14-10/h2-9H2,1H3. The minimum atomic E-state index is 0.832. The topological polar surface area (TPSA) is 24.9 Å². The van der Waals surface area contributed by atoms with Crippen LogP contribution in [0.15, 0.2) is 0 Å². The molecule has 0 radical (unpaired) electrons. The third-order valence-corrected chi connectivity index (χ3v) is 3.00. The molecule has 0 bridgehead atoms. The molecule has 1 aliphatic rings. The van der Waals surface area contributed by atoms with Gasteiger partial charge < -0.3 is 7.80 Å².